The maximum Gasteiger partial charge on any atom is 0.111 e. The van der Waals surface area contributed by atoms with Gasteiger partial charge in [0.1, 0.15) is 12.2 Å². The molecule has 0 aromatic rings. The summed E-state index contributed by atoms with van der Waals surface area (Å²) in [5, 5.41) is 0. The third kappa shape index (κ3) is 11.5. The van der Waals surface area contributed by atoms with Crippen molar-refractivity contribution in [3.05, 3.63) is 12.3 Å². The van der Waals surface area contributed by atoms with Crippen LogP contribution < -0.4 is 5.90 Å². The largest absolute Gasteiger partial charge is 0.376 e. The Morgan fingerprint density at radius 2 is 1.62 bits per heavy atom. The molecule has 0 aromatic carbocycles. The molecule has 0 unspecified atom stereocenters. The quantitative estimate of drug-likeness (QED) is 0.305. The van der Waals surface area contributed by atoms with Crippen LogP contribution in [0.1, 0.15) is 58.3 Å². The maximum absolute atomic E-state index is 7.98. The van der Waals surface area contributed by atoms with Crippen molar-refractivity contribution in [2.24, 2.45) is 0 Å². The molecule has 0 heterocycles. The topological polar surface area (TPSA) is 31.5 Å². The second kappa shape index (κ2) is 11.5. The Balaban J connectivity index is 2.87. The van der Waals surface area contributed by atoms with E-state index in [-0.39, 0.29) is 0 Å². The van der Waals surface area contributed by atoms with E-state index in [1.54, 1.807) is 0 Å². The zero-order chi connectivity index (χ0) is 9.78. The van der Waals surface area contributed by atoms with Gasteiger partial charge in [0.05, 0.1) is 0 Å². The van der Waals surface area contributed by atoms with Gasteiger partial charge in [-0.1, -0.05) is 45.4 Å². The number of rotatable bonds is 9. The molecule has 0 aliphatic carbocycles. The molecule has 0 saturated carbocycles. The summed E-state index contributed by atoms with van der Waals surface area (Å²) in [4.78, 5) is 3.82. The standard InChI is InChI=1S/C11H21NO/c1-2-3-4-5-6-7-8-9-10-11-13-12/h10-11H,2-9H2,1H3/b11-10+. The van der Waals surface area contributed by atoms with Crippen LogP contribution in [0.15, 0.2) is 12.3 Å². The normalized spacial score (nSPS) is 10.9. The van der Waals surface area contributed by atoms with Gasteiger partial charge in [-0.3, -0.25) is 0 Å². The van der Waals surface area contributed by atoms with Gasteiger partial charge >= 0.3 is 0 Å². The number of allylic oxidation sites excluding steroid dienone is 1. The van der Waals surface area contributed by atoms with Crippen LogP contribution in [0.25, 0.3) is 0 Å². The van der Waals surface area contributed by atoms with E-state index in [0.29, 0.717) is 0 Å². The number of hydrogen-bond acceptors (Lipinski definition) is 1. The van der Waals surface area contributed by atoms with Crippen LogP contribution in [0.2, 0.25) is 0 Å². The zero-order valence-corrected chi connectivity index (χ0v) is 8.67. The van der Waals surface area contributed by atoms with E-state index >= 15 is 0 Å². The molecule has 2 nitrogen and oxygen atoms in total. The molecular weight excluding hydrogens is 162 g/mol. The molecule has 2 radical (unpaired) electrons. The highest BCUT2D eigenvalue weighted by Gasteiger charge is 1.88. The Morgan fingerprint density at radius 3 is 2.23 bits per heavy atom. The molecule has 0 aliphatic rings. The minimum absolute atomic E-state index is 1.01. The van der Waals surface area contributed by atoms with Crippen molar-refractivity contribution < 1.29 is 4.84 Å². The minimum atomic E-state index is 1.01. The second-order valence-corrected chi connectivity index (χ2v) is 3.39. The average Bonchev–Trinajstić information content (AvgIpc) is 2.16. The van der Waals surface area contributed by atoms with E-state index in [1.807, 2.05) is 6.08 Å². The summed E-state index contributed by atoms with van der Waals surface area (Å²) in [6.45, 7) is 2.24. The Kier molecular flexibility index (Phi) is 11.1. The number of unbranched alkanes of at least 4 members (excludes halogenated alkanes) is 7. The van der Waals surface area contributed by atoms with Crippen molar-refractivity contribution in [3.8, 4) is 0 Å². The monoisotopic (exact) mass is 183 g/mol. The molecule has 13 heavy (non-hydrogen) atoms. The summed E-state index contributed by atoms with van der Waals surface area (Å²) in [7, 11) is 0. The van der Waals surface area contributed by atoms with Gasteiger partial charge in [-0.2, -0.15) is 0 Å². The lowest BCUT2D eigenvalue weighted by Crippen LogP contribution is -1.79. The van der Waals surface area contributed by atoms with Crippen LogP contribution in [0.4, 0.5) is 0 Å². The third-order valence-electron chi connectivity index (χ3n) is 2.13. The highest BCUT2D eigenvalue weighted by atomic mass is 16.6. The smallest absolute Gasteiger partial charge is 0.111 e. The molecular formula is C11H21NO. The molecule has 76 valence electrons. The van der Waals surface area contributed by atoms with Crippen LogP contribution >= 0.6 is 0 Å². The Bertz CT molecular complexity index is 113. The van der Waals surface area contributed by atoms with Crippen LogP contribution in [0.3, 0.4) is 0 Å². The van der Waals surface area contributed by atoms with Gasteiger partial charge in [-0.15, -0.1) is 0 Å². The van der Waals surface area contributed by atoms with Crippen molar-refractivity contribution in [2.75, 3.05) is 0 Å². The Morgan fingerprint density at radius 1 is 1.00 bits per heavy atom. The van der Waals surface area contributed by atoms with Crippen molar-refractivity contribution in [2.45, 2.75) is 58.3 Å². The van der Waals surface area contributed by atoms with Gasteiger partial charge in [-0.05, 0) is 18.9 Å². The van der Waals surface area contributed by atoms with E-state index in [4.69, 9.17) is 5.90 Å². The molecule has 0 fully saturated rings. The lowest BCUT2D eigenvalue weighted by atomic mass is 10.1. The summed E-state index contributed by atoms with van der Waals surface area (Å²) in [5.41, 5.74) is 0. The van der Waals surface area contributed by atoms with Gasteiger partial charge < -0.3 is 4.84 Å². The third-order valence-corrected chi connectivity index (χ3v) is 2.13. The molecule has 0 spiro atoms. The lowest BCUT2D eigenvalue weighted by molar-refractivity contribution is 0.235. The summed E-state index contributed by atoms with van der Waals surface area (Å²) in [6.07, 6.45) is 13.5. The van der Waals surface area contributed by atoms with Crippen molar-refractivity contribution in [1.29, 1.82) is 0 Å². The molecule has 2 heteroatoms. The SMILES string of the molecule is CCCCCCCCC/C=C/O[N]. The fraction of sp³-hybridized carbons (Fsp3) is 0.818. The zero-order valence-electron chi connectivity index (χ0n) is 8.67. The molecule has 0 aliphatic heterocycles. The highest BCUT2D eigenvalue weighted by Crippen LogP contribution is 2.08. The molecule has 0 saturated heterocycles. The van der Waals surface area contributed by atoms with Gasteiger partial charge in [0, 0.05) is 0 Å². The van der Waals surface area contributed by atoms with Crippen LogP contribution in [0, 0.1) is 0 Å². The summed E-state index contributed by atoms with van der Waals surface area (Å²) < 4.78 is 0. The lowest BCUT2D eigenvalue weighted by Gasteiger charge is -1.98. The summed E-state index contributed by atoms with van der Waals surface area (Å²) in [6, 6.07) is 0. The molecule has 0 bridgehead atoms. The second-order valence-electron chi connectivity index (χ2n) is 3.39. The van der Waals surface area contributed by atoms with E-state index in [0.717, 1.165) is 6.42 Å². The van der Waals surface area contributed by atoms with Crippen LogP contribution in [-0.2, 0) is 4.84 Å². The maximum atomic E-state index is 7.98. The molecule has 0 atom stereocenters. The molecule has 0 N–H and O–H groups in total. The Hall–Kier alpha value is -0.500. The fourth-order valence-corrected chi connectivity index (χ4v) is 1.33. The Labute approximate surface area is 82.1 Å². The first-order valence-corrected chi connectivity index (χ1v) is 5.37. The van der Waals surface area contributed by atoms with Gasteiger partial charge in [0.2, 0.25) is 0 Å². The highest BCUT2D eigenvalue weighted by molar-refractivity contribution is 4.71. The molecule has 0 amide bonds. The first kappa shape index (κ1) is 12.5. The first-order chi connectivity index (χ1) is 6.41. The van der Waals surface area contributed by atoms with Crippen LogP contribution in [0.5, 0.6) is 0 Å². The summed E-state index contributed by atoms with van der Waals surface area (Å²) in [5.74, 6) is 7.98. The number of hydrogen-bond donors (Lipinski definition) is 0. The summed E-state index contributed by atoms with van der Waals surface area (Å²) >= 11 is 0. The van der Waals surface area contributed by atoms with E-state index in [2.05, 4.69) is 11.8 Å². The number of nitrogens with zero attached hydrogens (tertiary/aromatic N) is 1. The van der Waals surface area contributed by atoms with Crippen LogP contribution in [-0.4, -0.2) is 0 Å². The predicted molar refractivity (Wildman–Crippen MR) is 55.0 cm³/mol. The van der Waals surface area contributed by atoms with E-state index < -0.39 is 0 Å². The predicted octanol–water partition coefficient (Wildman–Crippen LogP) is 3.64. The van der Waals surface area contributed by atoms with Gasteiger partial charge in [-0.25, -0.2) is 0 Å². The van der Waals surface area contributed by atoms with Gasteiger partial charge in [0.25, 0.3) is 0 Å². The van der Waals surface area contributed by atoms with Crippen molar-refractivity contribution >= 4 is 0 Å². The van der Waals surface area contributed by atoms with Crippen molar-refractivity contribution in [1.82, 2.24) is 5.90 Å². The van der Waals surface area contributed by atoms with E-state index in [9.17, 15) is 0 Å². The van der Waals surface area contributed by atoms with Gasteiger partial charge in [0.15, 0.2) is 0 Å². The fourth-order valence-electron chi connectivity index (χ4n) is 1.33. The minimum Gasteiger partial charge on any atom is -0.376 e. The average molecular weight is 183 g/mol. The molecule has 0 aromatic heterocycles. The van der Waals surface area contributed by atoms with E-state index in [1.165, 1.54) is 51.2 Å². The first-order valence-electron chi connectivity index (χ1n) is 5.37. The molecule has 0 rings (SSSR count). The van der Waals surface area contributed by atoms with Crippen molar-refractivity contribution in [3.63, 3.8) is 0 Å².